The third kappa shape index (κ3) is 6.28. The van der Waals surface area contributed by atoms with Crippen LogP contribution in [0.25, 0.3) is 22.9 Å². The number of aromatic nitrogens is 5. The molecule has 0 bridgehead atoms. The summed E-state index contributed by atoms with van der Waals surface area (Å²) >= 11 is 7.82. The van der Waals surface area contributed by atoms with Crippen molar-refractivity contribution < 1.29 is 9.53 Å². The number of rotatable bonds is 5. The van der Waals surface area contributed by atoms with Crippen molar-refractivity contribution in [1.29, 1.82) is 0 Å². The van der Waals surface area contributed by atoms with E-state index in [4.69, 9.17) is 21.4 Å². The number of aromatic amines is 1. The summed E-state index contributed by atoms with van der Waals surface area (Å²) in [6.07, 6.45) is 5.62. The summed E-state index contributed by atoms with van der Waals surface area (Å²) in [6.45, 7) is 11.9. The second-order valence-electron chi connectivity index (χ2n) is 10.8. The van der Waals surface area contributed by atoms with E-state index >= 15 is 0 Å². The van der Waals surface area contributed by atoms with Crippen molar-refractivity contribution in [3.05, 3.63) is 46.0 Å². The lowest BCUT2D eigenvalue weighted by molar-refractivity contribution is 0.0453. The van der Waals surface area contributed by atoms with Crippen molar-refractivity contribution in [2.24, 2.45) is 0 Å². The van der Waals surface area contributed by atoms with E-state index in [1.165, 1.54) is 6.20 Å². The molecule has 4 rings (SSSR count). The summed E-state index contributed by atoms with van der Waals surface area (Å²) in [4.78, 5) is 38.1. The Morgan fingerprint density at radius 2 is 1.92 bits per heavy atom. The average molecular weight is 531 g/mol. The van der Waals surface area contributed by atoms with Crippen molar-refractivity contribution in [2.45, 2.75) is 81.7 Å². The highest BCUT2D eigenvalue weighted by molar-refractivity contribution is 8.00. The lowest BCUT2D eigenvalue weighted by Crippen LogP contribution is -2.47. The van der Waals surface area contributed by atoms with Gasteiger partial charge in [0.1, 0.15) is 16.3 Å². The molecule has 1 amide bonds. The minimum atomic E-state index is -0.567. The Hall–Kier alpha value is -2.85. The van der Waals surface area contributed by atoms with Crippen LogP contribution in [-0.2, 0) is 4.74 Å². The van der Waals surface area contributed by atoms with Gasteiger partial charge in [0.05, 0.1) is 11.6 Å². The number of carbonyl (C=O) groups is 1. The van der Waals surface area contributed by atoms with E-state index in [9.17, 15) is 9.59 Å². The number of hydrogen-bond donors (Lipinski definition) is 2. The molecule has 0 aliphatic heterocycles. The fourth-order valence-electron chi connectivity index (χ4n) is 3.80. The first-order valence-corrected chi connectivity index (χ1v) is 13.0. The number of alkyl carbamates (subject to hydrolysis) is 1. The zero-order valence-electron chi connectivity index (χ0n) is 21.3. The van der Waals surface area contributed by atoms with E-state index in [1.54, 1.807) is 22.6 Å². The molecule has 1 fully saturated rings. The van der Waals surface area contributed by atoms with Gasteiger partial charge in [-0.3, -0.25) is 9.78 Å². The van der Waals surface area contributed by atoms with Gasteiger partial charge in [-0.1, -0.05) is 32.4 Å². The van der Waals surface area contributed by atoms with Crippen LogP contribution < -0.4 is 10.7 Å². The van der Waals surface area contributed by atoms with Gasteiger partial charge in [0.2, 0.25) is 5.43 Å². The second kappa shape index (κ2) is 9.89. The topological polar surface area (TPSA) is 115 Å². The van der Waals surface area contributed by atoms with Crippen molar-refractivity contribution in [1.82, 2.24) is 30.0 Å². The Kier molecular flexibility index (Phi) is 7.21. The van der Waals surface area contributed by atoms with E-state index < -0.39 is 11.7 Å². The fraction of sp³-hybridized carbons (Fsp3) is 0.480. The van der Waals surface area contributed by atoms with Gasteiger partial charge in [-0.05, 0) is 45.7 Å². The first-order valence-electron chi connectivity index (χ1n) is 11.8. The molecule has 1 aliphatic rings. The lowest BCUT2D eigenvalue weighted by atomic mass is 9.87. The molecule has 0 spiro atoms. The standard InChI is InChI=1S/C25H31ClN6O3S/c1-24(2,3)35-23(34)29-14-9-15(10-14)32-22(17-12-27-13-18(26)20(17)33)30-21(31-32)19-8-7-16(11-28-19)36-25(4,5)6/h7-8,11-15H,9-10H2,1-6H3,(H,27,33)(H,29,34). The highest BCUT2D eigenvalue weighted by atomic mass is 35.5. The number of amides is 1. The van der Waals surface area contributed by atoms with Gasteiger partial charge in [-0.25, -0.2) is 14.5 Å². The van der Waals surface area contributed by atoms with Crippen LogP contribution in [0.5, 0.6) is 0 Å². The molecule has 3 aromatic rings. The Morgan fingerprint density at radius 3 is 2.53 bits per heavy atom. The normalized spacial score (nSPS) is 18.0. The number of H-pyrrole nitrogens is 1. The van der Waals surface area contributed by atoms with E-state index in [0.717, 1.165) is 4.90 Å². The highest BCUT2D eigenvalue weighted by Crippen LogP contribution is 2.36. The molecule has 192 valence electrons. The Labute approximate surface area is 219 Å². The number of thioether (sulfide) groups is 1. The summed E-state index contributed by atoms with van der Waals surface area (Å²) in [7, 11) is 0. The Balaban J connectivity index is 1.60. The van der Waals surface area contributed by atoms with Gasteiger partial charge < -0.3 is 15.0 Å². The van der Waals surface area contributed by atoms with Gasteiger partial charge in [0.15, 0.2) is 11.6 Å². The molecule has 0 saturated heterocycles. The van der Waals surface area contributed by atoms with E-state index in [1.807, 2.05) is 39.1 Å². The number of ether oxygens (including phenoxy) is 1. The minimum Gasteiger partial charge on any atom is -0.444 e. The third-order valence-corrected chi connectivity index (χ3v) is 6.71. The summed E-state index contributed by atoms with van der Waals surface area (Å²) in [5, 5.41) is 7.69. The molecule has 36 heavy (non-hydrogen) atoms. The van der Waals surface area contributed by atoms with Crippen LogP contribution in [0.1, 0.15) is 60.4 Å². The largest absolute Gasteiger partial charge is 0.444 e. The molecule has 11 heteroatoms. The van der Waals surface area contributed by atoms with Gasteiger partial charge in [0.25, 0.3) is 0 Å². The summed E-state index contributed by atoms with van der Waals surface area (Å²) in [6, 6.07) is 3.76. The van der Waals surface area contributed by atoms with Crippen LogP contribution in [0.2, 0.25) is 5.02 Å². The molecule has 2 N–H and O–H groups in total. The molecule has 0 atom stereocenters. The van der Waals surface area contributed by atoms with Crippen molar-refractivity contribution in [3.8, 4) is 22.9 Å². The molecule has 0 unspecified atom stereocenters. The Bertz CT molecular complexity index is 1300. The highest BCUT2D eigenvalue weighted by Gasteiger charge is 2.36. The van der Waals surface area contributed by atoms with Gasteiger partial charge >= 0.3 is 6.09 Å². The minimum absolute atomic E-state index is 0.0599. The molecule has 3 heterocycles. The van der Waals surface area contributed by atoms with E-state index in [0.29, 0.717) is 35.7 Å². The predicted molar refractivity (Wildman–Crippen MR) is 141 cm³/mol. The monoisotopic (exact) mass is 530 g/mol. The molecular weight excluding hydrogens is 500 g/mol. The third-order valence-electron chi connectivity index (χ3n) is 5.34. The lowest BCUT2D eigenvalue weighted by Gasteiger charge is -2.36. The number of pyridine rings is 2. The zero-order valence-corrected chi connectivity index (χ0v) is 22.8. The number of halogens is 1. The smallest absolute Gasteiger partial charge is 0.407 e. The fourth-order valence-corrected chi connectivity index (χ4v) is 4.91. The van der Waals surface area contributed by atoms with Crippen molar-refractivity contribution >= 4 is 29.5 Å². The molecule has 0 aromatic carbocycles. The van der Waals surface area contributed by atoms with Crippen LogP contribution in [0.3, 0.4) is 0 Å². The van der Waals surface area contributed by atoms with Gasteiger partial charge in [0, 0.05) is 34.3 Å². The van der Waals surface area contributed by atoms with Crippen molar-refractivity contribution in [3.63, 3.8) is 0 Å². The molecule has 1 aliphatic carbocycles. The number of hydrogen-bond acceptors (Lipinski definition) is 7. The van der Waals surface area contributed by atoms with Crippen LogP contribution in [0.15, 0.2) is 40.4 Å². The van der Waals surface area contributed by atoms with Crippen LogP contribution >= 0.6 is 23.4 Å². The second-order valence-corrected chi connectivity index (χ2v) is 13.1. The number of nitrogens with one attached hydrogen (secondary N) is 2. The maximum Gasteiger partial charge on any atom is 0.407 e. The molecule has 3 aromatic heterocycles. The van der Waals surface area contributed by atoms with Crippen LogP contribution in [-0.4, -0.2) is 47.2 Å². The van der Waals surface area contributed by atoms with E-state index in [-0.39, 0.29) is 27.3 Å². The van der Waals surface area contributed by atoms with Gasteiger partial charge in [-0.15, -0.1) is 16.9 Å². The van der Waals surface area contributed by atoms with Crippen molar-refractivity contribution in [2.75, 3.05) is 0 Å². The summed E-state index contributed by atoms with van der Waals surface area (Å²) in [5.41, 5.74) is 0.0328. The van der Waals surface area contributed by atoms with Crippen LogP contribution in [0, 0.1) is 0 Å². The maximum absolute atomic E-state index is 12.8. The summed E-state index contributed by atoms with van der Waals surface area (Å²) < 4.78 is 7.16. The van der Waals surface area contributed by atoms with E-state index in [2.05, 4.69) is 41.0 Å². The maximum atomic E-state index is 12.8. The first kappa shape index (κ1) is 26.2. The predicted octanol–water partition coefficient (Wildman–Crippen LogP) is 5.47. The Morgan fingerprint density at radius 1 is 1.19 bits per heavy atom. The molecular formula is C25H31ClN6O3S. The average Bonchev–Trinajstić information content (AvgIpc) is 3.15. The molecule has 0 radical (unpaired) electrons. The number of carbonyl (C=O) groups excluding carboxylic acids is 1. The van der Waals surface area contributed by atoms with Crippen LogP contribution in [0.4, 0.5) is 4.79 Å². The summed E-state index contributed by atoms with van der Waals surface area (Å²) in [5.74, 6) is 0.824. The first-order chi connectivity index (χ1) is 16.8. The number of nitrogens with zero attached hydrogens (tertiary/aromatic N) is 4. The zero-order chi connectivity index (χ0) is 26.3. The van der Waals surface area contributed by atoms with Gasteiger partial charge in [-0.2, -0.15) is 0 Å². The SMILES string of the molecule is CC(C)(C)OC(=O)NC1CC(n2nc(-c3ccc(SC(C)(C)C)cn3)nc2-c2c[nH]cc(Cl)c2=O)C1. The molecule has 9 nitrogen and oxygen atoms in total. The molecule has 1 saturated carbocycles. The quantitative estimate of drug-likeness (QED) is 0.420.